The van der Waals surface area contributed by atoms with Crippen molar-refractivity contribution in [1.82, 2.24) is 9.80 Å². The number of ketones is 1. The van der Waals surface area contributed by atoms with Gasteiger partial charge in [0.1, 0.15) is 0 Å². The summed E-state index contributed by atoms with van der Waals surface area (Å²) in [7, 11) is 0. The summed E-state index contributed by atoms with van der Waals surface area (Å²) in [6, 6.07) is 5.30. The Morgan fingerprint density at radius 2 is 1.79 bits per heavy atom. The number of fused-ring (bicyclic) bond motifs is 1. The highest BCUT2D eigenvalue weighted by atomic mass is 16.7. The fraction of sp³-hybridized carbons (Fsp3) is 0.556. The number of Topliss-reactive ketones (excluding diaryl/α,β-unsaturated/α-hetero) is 1. The molecule has 0 radical (unpaired) electrons. The molecule has 2 aliphatic heterocycles. The maximum atomic E-state index is 12.5. The fourth-order valence-electron chi connectivity index (χ4n) is 3.00. The predicted molar refractivity (Wildman–Crippen MR) is 89.4 cm³/mol. The van der Waals surface area contributed by atoms with E-state index in [1.807, 2.05) is 4.90 Å². The van der Waals surface area contributed by atoms with E-state index in [-0.39, 0.29) is 18.5 Å². The Bertz CT molecular complexity index is 621. The molecule has 2 aliphatic rings. The third kappa shape index (κ3) is 3.87. The van der Waals surface area contributed by atoms with Crippen molar-refractivity contribution in [2.45, 2.75) is 20.3 Å². The van der Waals surface area contributed by atoms with Crippen LogP contribution in [-0.4, -0.2) is 61.0 Å². The Labute approximate surface area is 142 Å². The maximum absolute atomic E-state index is 12.5. The van der Waals surface area contributed by atoms with E-state index in [0.717, 1.165) is 13.1 Å². The van der Waals surface area contributed by atoms with Crippen LogP contribution in [0, 0.1) is 5.92 Å². The minimum absolute atomic E-state index is 0.0651. The second-order valence-corrected chi connectivity index (χ2v) is 6.75. The first-order chi connectivity index (χ1) is 11.5. The van der Waals surface area contributed by atoms with Gasteiger partial charge in [-0.05, 0) is 24.1 Å². The van der Waals surface area contributed by atoms with Gasteiger partial charge in [-0.3, -0.25) is 14.5 Å². The number of piperazine rings is 1. The van der Waals surface area contributed by atoms with Gasteiger partial charge in [0.15, 0.2) is 17.3 Å². The molecule has 0 aliphatic carbocycles. The lowest BCUT2D eigenvalue weighted by atomic mass is 10.1. The number of hydrogen-bond acceptors (Lipinski definition) is 5. The largest absolute Gasteiger partial charge is 0.454 e. The molecule has 1 aromatic rings. The molecule has 6 nitrogen and oxygen atoms in total. The van der Waals surface area contributed by atoms with Gasteiger partial charge in [-0.2, -0.15) is 0 Å². The molecule has 1 saturated heterocycles. The third-order valence-electron chi connectivity index (χ3n) is 4.37. The third-order valence-corrected chi connectivity index (χ3v) is 4.37. The van der Waals surface area contributed by atoms with Crippen molar-refractivity contribution >= 4 is 11.7 Å². The molecule has 0 spiro atoms. The van der Waals surface area contributed by atoms with Gasteiger partial charge in [0.05, 0.1) is 6.54 Å². The van der Waals surface area contributed by atoms with E-state index >= 15 is 0 Å². The van der Waals surface area contributed by atoms with Gasteiger partial charge in [-0.25, -0.2) is 0 Å². The summed E-state index contributed by atoms with van der Waals surface area (Å²) in [5.74, 6) is 1.97. The van der Waals surface area contributed by atoms with E-state index in [0.29, 0.717) is 49.0 Å². The summed E-state index contributed by atoms with van der Waals surface area (Å²) >= 11 is 0. The van der Waals surface area contributed by atoms with Gasteiger partial charge in [-0.15, -0.1) is 0 Å². The average molecular weight is 332 g/mol. The van der Waals surface area contributed by atoms with Crippen LogP contribution in [0.1, 0.15) is 30.6 Å². The molecule has 0 unspecified atom stereocenters. The smallest absolute Gasteiger partial charge is 0.231 e. The van der Waals surface area contributed by atoms with Gasteiger partial charge >= 0.3 is 0 Å². The molecule has 3 rings (SSSR count). The van der Waals surface area contributed by atoms with Gasteiger partial charge in [-0.1, -0.05) is 13.8 Å². The molecule has 1 amide bonds. The van der Waals surface area contributed by atoms with Crippen LogP contribution in [-0.2, 0) is 4.79 Å². The van der Waals surface area contributed by atoms with Crippen LogP contribution < -0.4 is 9.47 Å². The van der Waals surface area contributed by atoms with E-state index < -0.39 is 0 Å². The lowest BCUT2D eigenvalue weighted by Gasteiger charge is -2.34. The summed E-state index contributed by atoms with van der Waals surface area (Å²) in [4.78, 5) is 28.5. The zero-order chi connectivity index (χ0) is 17.1. The van der Waals surface area contributed by atoms with Gasteiger partial charge < -0.3 is 14.4 Å². The molecule has 2 heterocycles. The summed E-state index contributed by atoms with van der Waals surface area (Å²) < 4.78 is 10.6. The molecular weight excluding hydrogens is 308 g/mol. The second kappa shape index (κ2) is 7.21. The number of amides is 1. The van der Waals surface area contributed by atoms with E-state index in [1.165, 1.54) is 0 Å². The summed E-state index contributed by atoms with van der Waals surface area (Å²) in [6.45, 7) is 7.54. The molecule has 0 saturated carbocycles. The quantitative estimate of drug-likeness (QED) is 0.770. The van der Waals surface area contributed by atoms with Crippen molar-refractivity contribution in [1.29, 1.82) is 0 Å². The van der Waals surface area contributed by atoms with Crippen LogP contribution in [0.25, 0.3) is 0 Å². The van der Waals surface area contributed by atoms with Crippen LogP contribution in [0.4, 0.5) is 0 Å². The van der Waals surface area contributed by atoms with Crippen molar-refractivity contribution in [3.8, 4) is 11.5 Å². The Morgan fingerprint density at radius 1 is 1.08 bits per heavy atom. The average Bonchev–Trinajstić information content (AvgIpc) is 3.02. The number of carbonyl (C=O) groups is 2. The first-order valence-electron chi connectivity index (χ1n) is 8.46. The number of hydrogen-bond donors (Lipinski definition) is 0. The predicted octanol–water partition coefficient (Wildman–Crippen LogP) is 1.79. The molecule has 0 N–H and O–H groups in total. The van der Waals surface area contributed by atoms with Crippen LogP contribution in [0.15, 0.2) is 18.2 Å². The van der Waals surface area contributed by atoms with Crippen molar-refractivity contribution in [2.75, 3.05) is 39.5 Å². The van der Waals surface area contributed by atoms with Crippen molar-refractivity contribution in [3.63, 3.8) is 0 Å². The molecule has 0 atom stereocenters. The van der Waals surface area contributed by atoms with Crippen LogP contribution >= 0.6 is 0 Å². The van der Waals surface area contributed by atoms with Crippen LogP contribution in [0.2, 0.25) is 0 Å². The Balaban J connectivity index is 1.51. The van der Waals surface area contributed by atoms with E-state index in [2.05, 4.69) is 18.7 Å². The lowest BCUT2D eigenvalue weighted by Crippen LogP contribution is -2.50. The normalized spacial score (nSPS) is 17.4. The van der Waals surface area contributed by atoms with Crippen LogP contribution in [0.3, 0.4) is 0 Å². The van der Waals surface area contributed by atoms with E-state index in [1.54, 1.807) is 18.2 Å². The SMILES string of the molecule is CC(C)CC(=O)N1CCN(CC(=O)c2ccc3c(c2)OCO3)CC1. The summed E-state index contributed by atoms with van der Waals surface area (Å²) in [5.41, 5.74) is 0.637. The van der Waals surface area contributed by atoms with E-state index in [4.69, 9.17) is 9.47 Å². The maximum Gasteiger partial charge on any atom is 0.231 e. The first-order valence-corrected chi connectivity index (χ1v) is 8.46. The molecule has 6 heteroatoms. The molecular formula is C18H24N2O4. The zero-order valence-corrected chi connectivity index (χ0v) is 14.3. The van der Waals surface area contributed by atoms with Crippen molar-refractivity contribution < 1.29 is 19.1 Å². The van der Waals surface area contributed by atoms with Crippen molar-refractivity contribution in [2.24, 2.45) is 5.92 Å². The summed E-state index contributed by atoms with van der Waals surface area (Å²) in [5, 5.41) is 0. The van der Waals surface area contributed by atoms with Gasteiger partial charge in [0.2, 0.25) is 12.7 Å². The summed E-state index contributed by atoms with van der Waals surface area (Å²) in [6.07, 6.45) is 0.593. The highest BCUT2D eigenvalue weighted by Gasteiger charge is 2.24. The monoisotopic (exact) mass is 332 g/mol. The molecule has 130 valence electrons. The van der Waals surface area contributed by atoms with Crippen molar-refractivity contribution in [3.05, 3.63) is 23.8 Å². The van der Waals surface area contributed by atoms with E-state index in [9.17, 15) is 9.59 Å². The number of rotatable bonds is 5. The van der Waals surface area contributed by atoms with Crippen LogP contribution in [0.5, 0.6) is 11.5 Å². The Morgan fingerprint density at radius 3 is 2.50 bits per heavy atom. The Hall–Kier alpha value is -2.08. The number of benzene rings is 1. The van der Waals surface area contributed by atoms with Gasteiger partial charge in [0.25, 0.3) is 0 Å². The highest BCUT2D eigenvalue weighted by molar-refractivity contribution is 5.98. The standard InChI is InChI=1S/C18H24N2O4/c1-13(2)9-18(22)20-7-5-19(6-8-20)11-15(21)14-3-4-16-17(10-14)24-12-23-16/h3-4,10,13H,5-9,11-12H2,1-2H3. The fourth-order valence-corrected chi connectivity index (χ4v) is 3.00. The molecule has 1 fully saturated rings. The highest BCUT2D eigenvalue weighted by Crippen LogP contribution is 2.32. The second-order valence-electron chi connectivity index (χ2n) is 6.75. The Kier molecular flexibility index (Phi) is 5.04. The molecule has 0 bridgehead atoms. The molecule has 1 aromatic carbocycles. The topological polar surface area (TPSA) is 59.1 Å². The minimum Gasteiger partial charge on any atom is -0.454 e. The number of carbonyl (C=O) groups excluding carboxylic acids is 2. The molecule has 24 heavy (non-hydrogen) atoms. The minimum atomic E-state index is 0.0651. The zero-order valence-electron chi connectivity index (χ0n) is 14.3. The molecule has 0 aromatic heterocycles. The van der Waals surface area contributed by atoms with Gasteiger partial charge in [0, 0.05) is 38.2 Å². The lowest BCUT2D eigenvalue weighted by molar-refractivity contribution is -0.133. The number of ether oxygens (including phenoxy) is 2. The number of nitrogens with zero attached hydrogens (tertiary/aromatic N) is 2. The first kappa shape index (κ1) is 16.8.